The fraction of sp³-hybridized carbons (Fsp3) is 0.300. The maximum atomic E-state index is 15.0. The van der Waals surface area contributed by atoms with E-state index in [-0.39, 0.29) is 29.8 Å². The molecule has 1 aliphatic rings. The molecule has 0 aliphatic carbocycles. The molecule has 2 amide bonds. The van der Waals surface area contributed by atoms with Gasteiger partial charge in [-0.25, -0.2) is 4.39 Å². The van der Waals surface area contributed by atoms with E-state index < -0.39 is 11.9 Å². The lowest BCUT2D eigenvalue weighted by atomic mass is 9.97. The van der Waals surface area contributed by atoms with Crippen LogP contribution < -0.4 is 10.2 Å². The topological polar surface area (TPSA) is 61.8 Å². The van der Waals surface area contributed by atoms with Crippen molar-refractivity contribution in [3.8, 4) is 0 Å². The van der Waals surface area contributed by atoms with Crippen LogP contribution >= 0.6 is 11.6 Å². The number of benzodiazepines with no additional fused rings is 1. The van der Waals surface area contributed by atoms with Crippen molar-refractivity contribution in [1.82, 2.24) is 0 Å². The van der Waals surface area contributed by atoms with Crippen LogP contribution in [0.1, 0.15) is 56.7 Å². The Hall–Kier alpha value is -3.51. The molecule has 0 radical (unpaired) electrons. The van der Waals surface area contributed by atoms with Crippen LogP contribution in [0.15, 0.2) is 71.7 Å². The van der Waals surface area contributed by atoms with E-state index in [4.69, 9.17) is 16.6 Å². The van der Waals surface area contributed by atoms with Gasteiger partial charge >= 0.3 is 0 Å². The van der Waals surface area contributed by atoms with Gasteiger partial charge in [-0.2, -0.15) is 0 Å². The minimum Gasteiger partial charge on any atom is -0.325 e. The van der Waals surface area contributed by atoms with Gasteiger partial charge in [0.2, 0.25) is 5.91 Å². The molecular formula is C30H31ClFN3O2. The highest BCUT2D eigenvalue weighted by Crippen LogP contribution is 2.33. The number of benzene rings is 3. The Balaban J connectivity index is 1.75. The first-order chi connectivity index (χ1) is 17.7. The van der Waals surface area contributed by atoms with Gasteiger partial charge in [0.15, 0.2) is 0 Å². The van der Waals surface area contributed by atoms with E-state index in [9.17, 15) is 14.0 Å². The summed E-state index contributed by atoms with van der Waals surface area (Å²) in [5.74, 6) is -0.853. The standard InChI is InChI=1S/C30H31ClFN3O2/c1-5-19(4)28-30(37)35(17-27(36)33-22-13-10-20(11-14-22)18(2)3)26-15-12-21(31)16-24(26)29(34-28)23-8-6-7-9-25(23)32/h6-16,18-19,28H,5,17H2,1-4H3,(H,33,36)/t19-,28+/m0/s1. The van der Waals surface area contributed by atoms with Crippen molar-refractivity contribution < 1.29 is 14.0 Å². The number of fused-ring (bicyclic) bond motifs is 1. The Morgan fingerprint density at radius 3 is 2.41 bits per heavy atom. The molecular weight excluding hydrogens is 489 g/mol. The predicted molar refractivity (Wildman–Crippen MR) is 148 cm³/mol. The first-order valence-electron chi connectivity index (χ1n) is 12.5. The van der Waals surface area contributed by atoms with Gasteiger partial charge in [-0.05, 0) is 59.9 Å². The smallest absolute Gasteiger partial charge is 0.252 e. The summed E-state index contributed by atoms with van der Waals surface area (Å²) in [6.07, 6.45) is 0.684. The van der Waals surface area contributed by atoms with Crippen LogP contribution in [0.3, 0.4) is 0 Å². The van der Waals surface area contributed by atoms with Crippen molar-refractivity contribution in [2.75, 3.05) is 16.8 Å². The van der Waals surface area contributed by atoms with Crippen LogP contribution in [-0.4, -0.2) is 30.1 Å². The molecule has 1 heterocycles. The largest absolute Gasteiger partial charge is 0.325 e. The zero-order chi connectivity index (χ0) is 26.7. The lowest BCUT2D eigenvalue weighted by Gasteiger charge is -2.26. The number of nitrogens with one attached hydrogen (secondary N) is 1. The summed E-state index contributed by atoms with van der Waals surface area (Å²) in [4.78, 5) is 33.3. The maximum absolute atomic E-state index is 15.0. The van der Waals surface area contributed by atoms with Crippen molar-refractivity contribution in [3.05, 3.63) is 94.3 Å². The van der Waals surface area contributed by atoms with Gasteiger partial charge in [0.1, 0.15) is 18.4 Å². The highest BCUT2D eigenvalue weighted by molar-refractivity contribution is 6.32. The van der Waals surface area contributed by atoms with Gasteiger partial charge in [0.05, 0.1) is 11.4 Å². The Labute approximate surface area is 222 Å². The first-order valence-corrected chi connectivity index (χ1v) is 12.9. The van der Waals surface area contributed by atoms with Crippen molar-refractivity contribution in [3.63, 3.8) is 0 Å². The van der Waals surface area contributed by atoms with Crippen LogP contribution in [0.4, 0.5) is 15.8 Å². The third-order valence-electron chi connectivity index (χ3n) is 6.77. The minimum atomic E-state index is -0.788. The number of halogens is 2. The molecule has 192 valence electrons. The fourth-order valence-corrected chi connectivity index (χ4v) is 4.57. The molecule has 0 aromatic heterocycles. The van der Waals surface area contributed by atoms with Crippen LogP contribution in [0, 0.1) is 11.7 Å². The average Bonchev–Trinajstić information content (AvgIpc) is 2.99. The highest BCUT2D eigenvalue weighted by atomic mass is 35.5. The number of carbonyl (C=O) groups is 2. The third-order valence-corrected chi connectivity index (χ3v) is 7.00. The number of aliphatic imine (C=N–C) groups is 1. The average molecular weight is 520 g/mol. The number of nitrogens with zero attached hydrogens (tertiary/aromatic N) is 2. The Morgan fingerprint density at radius 2 is 1.76 bits per heavy atom. The molecule has 3 aromatic carbocycles. The molecule has 1 aliphatic heterocycles. The second kappa shape index (κ2) is 11.3. The molecule has 0 unspecified atom stereocenters. The van der Waals surface area contributed by atoms with Crippen molar-refractivity contribution in [2.45, 2.75) is 46.1 Å². The Bertz CT molecular complexity index is 1340. The molecule has 0 saturated carbocycles. The van der Waals surface area contributed by atoms with Gasteiger partial charge in [-0.1, -0.05) is 70.0 Å². The minimum absolute atomic E-state index is 0.131. The van der Waals surface area contributed by atoms with Crippen molar-refractivity contribution in [2.24, 2.45) is 10.9 Å². The van der Waals surface area contributed by atoms with E-state index in [2.05, 4.69) is 19.2 Å². The Morgan fingerprint density at radius 1 is 1.05 bits per heavy atom. The van der Waals surface area contributed by atoms with Crippen LogP contribution in [-0.2, 0) is 9.59 Å². The van der Waals surface area contributed by atoms with E-state index in [0.717, 1.165) is 0 Å². The van der Waals surface area contributed by atoms with Gasteiger partial charge in [0.25, 0.3) is 5.91 Å². The molecule has 0 saturated heterocycles. The maximum Gasteiger partial charge on any atom is 0.252 e. The number of hydrogen-bond acceptors (Lipinski definition) is 3. The quantitative estimate of drug-likeness (QED) is 0.371. The molecule has 1 N–H and O–H groups in total. The van der Waals surface area contributed by atoms with E-state index in [0.29, 0.717) is 40.0 Å². The second-order valence-electron chi connectivity index (χ2n) is 9.70. The first kappa shape index (κ1) is 26.6. The molecule has 0 fully saturated rings. The zero-order valence-corrected chi connectivity index (χ0v) is 22.2. The summed E-state index contributed by atoms with van der Waals surface area (Å²) in [5, 5.41) is 3.32. The van der Waals surface area contributed by atoms with Gasteiger partial charge < -0.3 is 10.2 Å². The van der Waals surface area contributed by atoms with Crippen LogP contribution in [0.25, 0.3) is 0 Å². The lowest BCUT2D eigenvalue weighted by Crippen LogP contribution is -2.44. The number of rotatable bonds is 7. The van der Waals surface area contributed by atoms with Gasteiger partial charge in [0, 0.05) is 21.8 Å². The van der Waals surface area contributed by atoms with E-state index >= 15 is 0 Å². The summed E-state index contributed by atoms with van der Waals surface area (Å²) < 4.78 is 15.0. The Kier molecular flexibility index (Phi) is 8.08. The molecule has 37 heavy (non-hydrogen) atoms. The monoisotopic (exact) mass is 519 g/mol. The lowest BCUT2D eigenvalue weighted by molar-refractivity contribution is -0.123. The summed E-state index contributed by atoms with van der Waals surface area (Å²) in [5.41, 5.74) is 3.42. The molecule has 2 atom stereocenters. The molecule has 0 bridgehead atoms. The number of hydrogen-bond donors (Lipinski definition) is 1. The summed E-state index contributed by atoms with van der Waals surface area (Å²) in [7, 11) is 0. The normalized spacial score (nSPS) is 16.2. The number of anilines is 2. The van der Waals surface area contributed by atoms with Crippen LogP contribution in [0.2, 0.25) is 5.02 Å². The van der Waals surface area contributed by atoms with Gasteiger partial charge in [-0.15, -0.1) is 0 Å². The van der Waals surface area contributed by atoms with Crippen molar-refractivity contribution >= 4 is 40.5 Å². The van der Waals surface area contributed by atoms with Crippen LogP contribution in [0.5, 0.6) is 0 Å². The molecule has 5 nitrogen and oxygen atoms in total. The van der Waals surface area contributed by atoms with Crippen molar-refractivity contribution in [1.29, 1.82) is 0 Å². The number of carbonyl (C=O) groups excluding carboxylic acids is 2. The van der Waals surface area contributed by atoms with Gasteiger partial charge in [-0.3, -0.25) is 14.6 Å². The molecule has 4 rings (SSSR count). The molecule has 0 spiro atoms. The summed E-state index contributed by atoms with van der Waals surface area (Å²) in [6.45, 7) is 7.90. The summed E-state index contributed by atoms with van der Waals surface area (Å²) >= 11 is 6.35. The van der Waals surface area contributed by atoms with E-state index in [1.165, 1.54) is 16.5 Å². The predicted octanol–water partition coefficient (Wildman–Crippen LogP) is 6.84. The fourth-order valence-electron chi connectivity index (χ4n) is 4.40. The highest BCUT2D eigenvalue weighted by Gasteiger charge is 2.36. The second-order valence-corrected chi connectivity index (χ2v) is 10.1. The molecule has 7 heteroatoms. The SMILES string of the molecule is CC[C@H](C)[C@H]1N=C(c2ccccc2F)c2cc(Cl)ccc2N(CC(=O)Nc2ccc(C(C)C)cc2)C1=O. The third kappa shape index (κ3) is 5.75. The molecule has 3 aromatic rings. The number of amides is 2. The summed E-state index contributed by atoms with van der Waals surface area (Å²) in [6, 6.07) is 18.2. The zero-order valence-electron chi connectivity index (χ0n) is 21.5. The van der Waals surface area contributed by atoms with E-state index in [1.807, 2.05) is 38.1 Å². The van der Waals surface area contributed by atoms with E-state index in [1.54, 1.807) is 36.4 Å².